The minimum atomic E-state index is 0.467. The van der Waals surface area contributed by atoms with Crippen LogP contribution in [-0.4, -0.2) is 18.9 Å². The molecule has 0 aliphatic carbocycles. The second kappa shape index (κ2) is 14.8. The van der Waals surface area contributed by atoms with Crippen molar-refractivity contribution in [3.05, 3.63) is 12.2 Å². The molecule has 0 fully saturated rings. The van der Waals surface area contributed by atoms with E-state index < -0.39 is 0 Å². The Kier molecular flexibility index (Phi) is 13.0. The van der Waals surface area contributed by atoms with Gasteiger partial charge < -0.3 is 5.32 Å². The van der Waals surface area contributed by atoms with Gasteiger partial charge in [-0.1, -0.05) is 96.6 Å². The largest absolute Gasteiger partial charge is 0.371 e. The van der Waals surface area contributed by atoms with Crippen molar-refractivity contribution in [3.8, 4) is 0 Å². The number of nitrogens with zero attached hydrogens (tertiary/aromatic N) is 1. The topological polar surface area (TPSA) is 24.4 Å². The summed E-state index contributed by atoms with van der Waals surface area (Å²) in [6, 6.07) is 0. The minimum absolute atomic E-state index is 0.467. The second-order valence-electron chi connectivity index (χ2n) is 7.09. The first-order valence-electron chi connectivity index (χ1n) is 10.3. The molecule has 134 valence electrons. The molecule has 1 aliphatic rings. The number of unbranched alkanes of at least 4 members (excludes halogenated alkanes) is 12. The molecule has 1 unspecified atom stereocenters. The third kappa shape index (κ3) is 11.4. The van der Waals surface area contributed by atoms with Crippen LogP contribution in [0.1, 0.15) is 97.3 Å². The van der Waals surface area contributed by atoms with Crippen LogP contribution in [-0.2, 0) is 0 Å². The summed E-state index contributed by atoms with van der Waals surface area (Å²) >= 11 is 0. The van der Waals surface area contributed by atoms with Crippen LogP contribution in [0.4, 0.5) is 0 Å². The number of hydrogen-bond donors (Lipinski definition) is 1. The van der Waals surface area contributed by atoms with E-state index in [0.29, 0.717) is 5.92 Å². The van der Waals surface area contributed by atoms with Crippen LogP contribution in [0, 0.1) is 5.92 Å². The van der Waals surface area contributed by atoms with Crippen LogP contribution in [0.2, 0.25) is 0 Å². The first-order chi connectivity index (χ1) is 11.3. The van der Waals surface area contributed by atoms with Crippen molar-refractivity contribution in [1.82, 2.24) is 5.32 Å². The Morgan fingerprint density at radius 1 is 0.913 bits per heavy atom. The molecule has 1 rings (SSSR count). The Hall–Kier alpha value is -0.790. The molecular weight excluding hydrogens is 280 g/mol. The van der Waals surface area contributed by atoms with E-state index in [0.717, 1.165) is 13.1 Å². The van der Waals surface area contributed by atoms with Crippen molar-refractivity contribution in [3.63, 3.8) is 0 Å². The van der Waals surface area contributed by atoms with Crippen molar-refractivity contribution in [1.29, 1.82) is 0 Å². The molecule has 1 atom stereocenters. The van der Waals surface area contributed by atoms with Crippen molar-refractivity contribution < 1.29 is 0 Å². The highest BCUT2D eigenvalue weighted by Gasteiger charge is 2.09. The van der Waals surface area contributed by atoms with E-state index in [-0.39, 0.29) is 0 Å². The Morgan fingerprint density at radius 3 is 2.00 bits per heavy atom. The molecule has 0 radical (unpaired) electrons. The van der Waals surface area contributed by atoms with E-state index in [4.69, 9.17) is 0 Å². The zero-order valence-corrected chi connectivity index (χ0v) is 15.8. The van der Waals surface area contributed by atoms with Gasteiger partial charge in [0.1, 0.15) is 5.84 Å². The lowest BCUT2D eigenvalue weighted by Crippen LogP contribution is -2.23. The molecule has 0 saturated carbocycles. The molecule has 1 heterocycles. The average Bonchev–Trinajstić information content (AvgIpc) is 3.09. The number of hydrogen-bond acceptors (Lipinski definition) is 2. The van der Waals surface area contributed by atoms with Gasteiger partial charge in [0.25, 0.3) is 0 Å². The van der Waals surface area contributed by atoms with Gasteiger partial charge in [-0.2, -0.15) is 0 Å². The fraction of sp³-hybridized carbons (Fsp3) is 0.857. The predicted molar refractivity (Wildman–Crippen MR) is 104 cm³/mol. The van der Waals surface area contributed by atoms with Crippen molar-refractivity contribution >= 4 is 5.84 Å². The molecular formula is C21H40N2. The zero-order valence-electron chi connectivity index (χ0n) is 15.8. The first-order valence-corrected chi connectivity index (χ1v) is 10.3. The van der Waals surface area contributed by atoms with Gasteiger partial charge >= 0.3 is 0 Å². The summed E-state index contributed by atoms with van der Waals surface area (Å²) in [5, 5.41) is 3.35. The summed E-state index contributed by atoms with van der Waals surface area (Å²) in [7, 11) is 0. The minimum Gasteiger partial charge on any atom is -0.371 e. The van der Waals surface area contributed by atoms with Gasteiger partial charge in [0.15, 0.2) is 0 Å². The third-order valence-electron chi connectivity index (χ3n) is 4.78. The monoisotopic (exact) mass is 320 g/mol. The zero-order chi connectivity index (χ0) is 16.6. The van der Waals surface area contributed by atoms with Gasteiger partial charge in [-0.15, -0.1) is 0 Å². The van der Waals surface area contributed by atoms with Crippen LogP contribution >= 0.6 is 0 Å². The fourth-order valence-electron chi connectivity index (χ4n) is 3.22. The molecule has 0 aromatic rings. The van der Waals surface area contributed by atoms with Crippen LogP contribution in [0.25, 0.3) is 0 Å². The van der Waals surface area contributed by atoms with Gasteiger partial charge in [0.05, 0.1) is 6.54 Å². The Morgan fingerprint density at radius 2 is 1.48 bits per heavy atom. The Labute approximate surface area is 145 Å². The number of amidine groups is 1. The summed E-state index contributed by atoms with van der Waals surface area (Å²) in [6.45, 7) is 6.49. The maximum Gasteiger partial charge on any atom is 0.103 e. The molecule has 2 nitrogen and oxygen atoms in total. The predicted octanol–water partition coefficient (Wildman–Crippen LogP) is 6.27. The van der Waals surface area contributed by atoms with Crippen LogP contribution < -0.4 is 5.32 Å². The van der Waals surface area contributed by atoms with E-state index in [1.165, 1.54) is 89.3 Å². The normalized spacial score (nSPS) is 15.8. The highest BCUT2D eigenvalue weighted by Crippen LogP contribution is 2.13. The maximum absolute atomic E-state index is 4.47. The van der Waals surface area contributed by atoms with Crippen molar-refractivity contribution in [2.24, 2.45) is 10.9 Å². The third-order valence-corrected chi connectivity index (χ3v) is 4.78. The lowest BCUT2D eigenvalue weighted by molar-refractivity contribution is 0.545. The number of rotatable bonds is 15. The van der Waals surface area contributed by atoms with Gasteiger partial charge in [0, 0.05) is 12.5 Å². The second-order valence-corrected chi connectivity index (χ2v) is 7.09. The lowest BCUT2D eigenvalue weighted by Gasteiger charge is -2.06. The number of nitrogens with one attached hydrogen (secondary N) is 1. The summed E-state index contributed by atoms with van der Waals surface area (Å²) in [5.74, 6) is 1.64. The van der Waals surface area contributed by atoms with Crippen LogP contribution in [0.15, 0.2) is 17.1 Å². The molecule has 0 amide bonds. The Bertz CT molecular complexity index is 320. The standard InChI is InChI=1S/C21H40N2/c1-3-4-5-6-7-8-9-10-11-12-13-14-15-16-17-20(2)21-22-18-19-23-21/h16-17,20H,3-15,18-19H2,1-2H3,(H,22,23). The van der Waals surface area contributed by atoms with Crippen LogP contribution in [0.3, 0.4) is 0 Å². The van der Waals surface area contributed by atoms with Gasteiger partial charge in [0.2, 0.25) is 0 Å². The molecule has 1 aliphatic heterocycles. The number of aliphatic imine (C=N–C) groups is 1. The molecule has 1 N–H and O–H groups in total. The molecule has 2 heteroatoms. The Balaban J connectivity index is 1.79. The van der Waals surface area contributed by atoms with Crippen LogP contribution in [0.5, 0.6) is 0 Å². The van der Waals surface area contributed by atoms with Crippen molar-refractivity contribution in [2.75, 3.05) is 13.1 Å². The summed E-state index contributed by atoms with van der Waals surface area (Å²) in [4.78, 5) is 4.47. The van der Waals surface area contributed by atoms with E-state index in [2.05, 4.69) is 36.3 Å². The van der Waals surface area contributed by atoms with Gasteiger partial charge in [-0.05, 0) is 12.8 Å². The highest BCUT2D eigenvalue weighted by atomic mass is 15.1. The van der Waals surface area contributed by atoms with E-state index in [1.807, 2.05) is 0 Å². The molecule has 0 aromatic carbocycles. The molecule has 0 saturated heterocycles. The molecule has 0 bridgehead atoms. The van der Waals surface area contributed by atoms with Gasteiger partial charge in [-0.3, -0.25) is 4.99 Å². The molecule has 23 heavy (non-hydrogen) atoms. The van der Waals surface area contributed by atoms with E-state index in [1.54, 1.807) is 0 Å². The smallest absolute Gasteiger partial charge is 0.103 e. The highest BCUT2D eigenvalue weighted by molar-refractivity contribution is 5.86. The van der Waals surface area contributed by atoms with Gasteiger partial charge in [-0.25, -0.2) is 0 Å². The first kappa shape index (κ1) is 20.3. The average molecular weight is 321 g/mol. The summed E-state index contributed by atoms with van der Waals surface area (Å²) < 4.78 is 0. The van der Waals surface area contributed by atoms with E-state index >= 15 is 0 Å². The number of allylic oxidation sites excluding steroid dienone is 1. The summed E-state index contributed by atoms with van der Waals surface area (Å²) in [6.07, 6.45) is 23.0. The molecule has 0 spiro atoms. The van der Waals surface area contributed by atoms with Crippen molar-refractivity contribution in [2.45, 2.75) is 97.3 Å². The SMILES string of the molecule is CCCCCCCCCCCCCCC=CC(C)C1=NCCN1. The van der Waals surface area contributed by atoms with E-state index in [9.17, 15) is 0 Å². The summed E-state index contributed by atoms with van der Waals surface area (Å²) in [5.41, 5.74) is 0. The lowest BCUT2D eigenvalue weighted by atomic mass is 10.0. The maximum atomic E-state index is 4.47. The molecule has 0 aromatic heterocycles. The fourth-order valence-corrected chi connectivity index (χ4v) is 3.22. The quantitative estimate of drug-likeness (QED) is 0.279.